The Hall–Kier alpha value is -0.840. The zero-order valence-corrected chi connectivity index (χ0v) is 8.53. The standard InChI is InChI=1S/C8H9BrN2O2/c9-7-1-3-11(8(7)12)5-6-2-4-13-10-6/h2,4,7H,1,3,5H2. The number of hydrogen-bond donors (Lipinski definition) is 0. The summed E-state index contributed by atoms with van der Waals surface area (Å²) >= 11 is 3.31. The van der Waals surface area contributed by atoms with Gasteiger partial charge >= 0.3 is 0 Å². The Balaban J connectivity index is 2.00. The molecule has 1 unspecified atom stereocenters. The van der Waals surface area contributed by atoms with E-state index in [0.29, 0.717) is 6.54 Å². The number of nitrogens with zero attached hydrogens (tertiary/aromatic N) is 2. The van der Waals surface area contributed by atoms with Crippen LogP contribution in [-0.4, -0.2) is 27.3 Å². The maximum absolute atomic E-state index is 11.5. The third-order valence-electron chi connectivity index (χ3n) is 2.08. The summed E-state index contributed by atoms with van der Waals surface area (Å²) in [7, 11) is 0. The van der Waals surface area contributed by atoms with Gasteiger partial charge < -0.3 is 9.42 Å². The lowest BCUT2D eigenvalue weighted by Crippen LogP contribution is -2.27. The monoisotopic (exact) mass is 244 g/mol. The van der Waals surface area contributed by atoms with Crippen molar-refractivity contribution in [3.05, 3.63) is 18.0 Å². The van der Waals surface area contributed by atoms with Crippen molar-refractivity contribution in [3.63, 3.8) is 0 Å². The Kier molecular flexibility index (Phi) is 2.35. The number of carbonyl (C=O) groups is 1. The van der Waals surface area contributed by atoms with Gasteiger partial charge in [-0.25, -0.2) is 0 Å². The van der Waals surface area contributed by atoms with Crippen molar-refractivity contribution in [2.45, 2.75) is 17.8 Å². The molecular weight excluding hydrogens is 236 g/mol. The zero-order valence-electron chi connectivity index (χ0n) is 6.94. The van der Waals surface area contributed by atoms with Crippen LogP contribution in [0.3, 0.4) is 0 Å². The molecular formula is C8H9BrN2O2. The fourth-order valence-corrected chi connectivity index (χ4v) is 1.87. The number of rotatable bonds is 2. The normalized spacial score (nSPS) is 22.7. The summed E-state index contributed by atoms with van der Waals surface area (Å²) in [6, 6.07) is 1.77. The molecule has 0 aliphatic carbocycles. The van der Waals surface area contributed by atoms with Crippen LogP contribution < -0.4 is 0 Å². The van der Waals surface area contributed by atoms with Gasteiger partial charge in [-0.2, -0.15) is 0 Å². The fraction of sp³-hybridized carbons (Fsp3) is 0.500. The van der Waals surface area contributed by atoms with Crippen molar-refractivity contribution < 1.29 is 9.32 Å². The minimum atomic E-state index is -0.0144. The summed E-state index contributed by atoms with van der Waals surface area (Å²) in [6.07, 6.45) is 2.39. The molecule has 1 aliphatic rings. The lowest BCUT2D eigenvalue weighted by atomic mass is 10.4. The molecule has 1 aliphatic heterocycles. The van der Waals surface area contributed by atoms with Gasteiger partial charge in [0.25, 0.3) is 0 Å². The second kappa shape index (κ2) is 3.49. The van der Waals surface area contributed by atoms with E-state index in [1.54, 1.807) is 11.0 Å². The van der Waals surface area contributed by atoms with Crippen LogP contribution in [-0.2, 0) is 11.3 Å². The maximum Gasteiger partial charge on any atom is 0.236 e. The zero-order chi connectivity index (χ0) is 9.26. The number of carbonyl (C=O) groups excluding carboxylic acids is 1. The summed E-state index contributed by atoms with van der Waals surface area (Å²) in [5.41, 5.74) is 0.801. The Morgan fingerprint density at radius 3 is 3.15 bits per heavy atom. The van der Waals surface area contributed by atoms with Crippen LogP contribution in [0, 0.1) is 0 Å². The van der Waals surface area contributed by atoms with E-state index in [1.165, 1.54) is 6.26 Å². The van der Waals surface area contributed by atoms with E-state index in [-0.39, 0.29) is 10.7 Å². The molecule has 0 spiro atoms. The smallest absolute Gasteiger partial charge is 0.236 e. The van der Waals surface area contributed by atoms with E-state index < -0.39 is 0 Å². The molecule has 1 saturated heterocycles. The van der Waals surface area contributed by atoms with E-state index in [0.717, 1.165) is 18.7 Å². The van der Waals surface area contributed by atoms with Crippen molar-refractivity contribution in [1.29, 1.82) is 0 Å². The first-order chi connectivity index (χ1) is 6.27. The van der Waals surface area contributed by atoms with Crippen LogP contribution in [0.2, 0.25) is 0 Å². The van der Waals surface area contributed by atoms with Gasteiger partial charge in [0.15, 0.2) is 0 Å². The lowest BCUT2D eigenvalue weighted by molar-refractivity contribution is -0.127. The first kappa shape index (κ1) is 8.74. The number of amides is 1. The first-order valence-corrected chi connectivity index (χ1v) is 5.01. The lowest BCUT2D eigenvalue weighted by Gasteiger charge is -2.12. The molecule has 70 valence electrons. The molecule has 0 bridgehead atoms. The second-order valence-corrected chi connectivity index (χ2v) is 4.11. The summed E-state index contributed by atoms with van der Waals surface area (Å²) < 4.78 is 4.69. The minimum Gasteiger partial charge on any atom is -0.364 e. The summed E-state index contributed by atoms with van der Waals surface area (Å²) in [5.74, 6) is 0.142. The topological polar surface area (TPSA) is 46.3 Å². The van der Waals surface area contributed by atoms with Gasteiger partial charge in [0.05, 0.1) is 11.4 Å². The molecule has 1 amide bonds. The van der Waals surface area contributed by atoms with Crippen LogP contribution in [0.15, 0.2) is 16.9 Å². The number of hydrogen-bond acceptors (Lipinski definition) is 3. The third-order valence-corrected chi connectivity index (χ3v) is 2.93. The van der Waals surface area contributed by atoms with Crippen molar-refractivity contribution in [1.82, 2.24) is 10.1 Å². The van der Waals surface area contributed by atoms with E-state index in [1.807, 2.05) is 0 Å². The predicted octanol–water partition coefficient (Wildman–Crippen LogP) is 1.17. The van der Waals surface area contributed by atoms with Gasteiger partial charge in [0, 0.05) is 12.6 Å². The van der Waals surface area contributed by atoms with E-state index >= 15 is 0 Å². The SMILES string of the molecule is O=C1C(Br)CCN1Cc1ccon1. The quantitative estimate of drug-likeness (QED) is 0.735. The van der Waals surface area contributed by atoms with Crippen LogP contribution in [0.1, 0.15) is 12.1 Å². The number of halogens is 1. The Labute approximate surface area is 84.0 Å². The average Bonchev–Trinajstić information content (AvgIpc) is 2.71. The molecule has 0 aromatic carbocycles. The highest BCUT2D eigenvalue weighted by Gasteiger charge is 2.29. The van der Waals surface area contributed by atoms with E-state index in [2.05, 4.69) is 25.6 Å². The minimum absolute atomic E-state index is 0.0144. The third kappa shape index (κ3) is 1.75. The molecule has 1 aromatic rings. The Morgan fingerprint density at radius 1 is 1.77 bits per heavy atom. The van der Waals surface area contributed by atoms with Crippen molar-refractivity contribution in [2.24, 2.45) is 0 Å². The average molecular weight is 245 g/mol. The van der Waals surface area contributed by atoms with Crippen LogP contribution >= 0.6 is 15.9 Å². The van der Waals surface area contributed by atoms with Crippen LogP contribution in [0.5, 0.6) is 0 Å². The first-order valence-electron chi connectivity index (χ1n) is 4.09. The number of aromatic nitrogens is 1. The molecule has 0 saturated carbocycles. The highest BCUT2D eigenvalue weighted by atomic mass is 79.9. The van der Waals surface area contributed by atoms with Crippen molar-refractivity contribution in [2.75, 3.05) is 6.54 Å². The van der Waals surface area contributed by atoms with E-state index in [9.17, 15) is 4.79 Å². The van der Waals surface area contributed by atoms with Crippen LogP contribution in [0.25, 0.3) is 0 Å². The molecule has 0 N–H and O–H groups in total. The van der Waals surface area contributed by atoms with Gasteiger partial charge in [-0.3, -0.25) is 4.79 Å². The summed E-state index contributed by atoms with van der Waals surface area (Å²) in [4.78, 5) is 13.2. The molecule has 1 aromatic heterocycles. The molecule has 13 heavy (non-hydrogen) atoms. The fourth-order valence-electron chi connectivity index (χ4n) is 1.37. The van der Waals surface area contributed by atoms with Gasteiger partial charge in [0.1, 0.15) is 12.0 Å². The Bertz CT molecular complexity index is 299. The molecule has 1 fully saturated rings. The largest absolute Gasteiger partial charge is 0.364 e. The number of alkyl halides is 1. The number of likely N-dealkylation sites (tertiary alicyclic amines) is 1. The van der Waals surface area contributed by atoms with Gasteiger partial charge in [-0.15, -0.1) is 0 Å². The van der Waals surface area contributed by atoms with Crippen molar-refractivity contribution >= 4 is 21.8 Å². The Morgan fingerprint density at radius 2 is 2.62 bits per heavy atom. The van der Waals surface area contributed by atoms with Crippen LogP contribution in [0.4, 0.5) is 0 Å². The van der Waals surface area contributed by atoms with E-state index in [4.69, 9.17) is 0 Å². The van der Waals surface area contributed by atoms with Gasteiger partial charge in [-0.05, 0) is 6.42 Å². The highest BCUT2D eigenvalue weighted by molar-refractivity contribution is 9.10. The second-order valence-electron chi connectivity index (χ2n) is 3.01. The molecule has 2 rings (SSSR count). The molecule has 0 radical (unpaired) electrons. The van der Waals surface area contributed by atoms with Gasteiger partial charge in [-0.1, -0.05) is 21.1 Å². The molecule has 1 atom stereocenters. The molecule has 2 heterocycles. The maximum atomic E-state index is 11.5. The molecule has 5 heteroatoms. The highest BCUT2D eigenvalue weighted by Crippen LogP contribution is 2.19. The predicted molar refractivity (Wildman–Crippen MR) is 49.3 cm³/mol. The van der Waals surface area contributed by atoms with Crippen molar-refractivity contribution in [3.8, 4) is 0 Å². The summed E-state index contributed by atoms with van der Waals surface area (Å²) in [5, 5.41) is 3.76. The van der Waals surface area contributed by atoms with Gasteiger partial charge in [0.2, 0.25) is 5.91 Å². The summed E-state index contributed by atoms with van der Waals surface area (Å²) in [6.45, 7) is 1.35. The molecule has 4 nitrogen and oxygen atoms in total.